The summed E-state index contributed by atoms with van der Waals surface area (Å²) in [6, 6.07) is 30.4. The summed E-state index contributed by atoms with van der Waals surface area (Å²) in [4.78, 5) is 49.5. The van der Waals surface area contributed by atoms with Gasteiger partial charge in [-0.25, -0.2) is 4.99 Å². The van der Waals surface area contributed by atoms with Crippen LogP contribution in [0.1, 0.15) is 29.7 Å². The number of ether oxygens (including phenoxy) is 1. The summed E-state index contributed by atoms with van der Waals surface area (Å²) in [5.74, 6) is -0.108. The standard InChI is InChI=1S/C36H27ClN4O4S/c1-21-29(33(42)39-24-13-4-3-5-14-24)31(22-12-10-15-25(19-22)45-2)41-35(44)32(46-36(41)38-21)30-26-16-7-9-18-28(26)40(34(30)43)20-23-11-6-8-17-27(23)37/h3-19,31H,20H2,1-2H3,(H,39,42)/b32-30+/t31-/m1/s1. The third kappa shape index (κ3) is 5.03. The Morgan fingerprint density at radius 2 is 1.70 bits per heavy atom. The van der Waals surface area contributed by atoms with E-state index in [1.165, 1.54) is 4.57 Å². The molecule has 0 spiro atoms. The first-order valence-electron chi connectivity index (χ1n) is 14.6. The predicted molar refractivity (Wildman–Crippen MR) is 180 cm³/mol. The SMILES string of the molecule is COc1cccc([C@@H]2C(C(=O)Nc3ccccc3)=C(C)N=c3s/c(=C4/C(=O)N(Cc5ccccc5Cl)c5ccccc54)c(=O)n32)c1. The number of rotatable bonds is 6. The van der Waals surface area contributed by atoms with E-state index in [-0.39, 0.29) is 22.9 Å². The molecule has 0 fully saturated rings. The van der Waals surface area contributed by atoms with E-state index in [4.69, 9.17) is 21.3 Å². The van der Waals surface area contributed by atoms with Gasteiger partial charge in [-0.1, -0.05) is 89.7 Å². The molecule has 0 unspecified atom stereocenters. The van der Waals surface area contributed by atoms with Gasteiger partial charge in [-0.05, 0) is 54.4 Å². The summed E-state index contributed by atoms with van der Waals surface area (Å²) in [5, 5.41) is 3.51. The van der Waals surface area contributed by atoms with Gasteiger partial charge in [-0.2, -0.15) is 0 Å². The molecule has 0 saturated heterocycles. The number of amides is 2. The molecule has 5 aromatic rings. The first-order chi connectivity index (χ1) is 22.4. The first kappa shape index (κ1) is 29.5. The number of nitrogens with one attached hydrogen (secondary N) is 1. The highest BCUT2D eigenvalue weighted by Crippen LogP contribution is 2.37. The topological polar surface area (TPSA) is 93.0 Å². The van der Waals surface area contributed by atoms with Gasteiger partial charge in [-0.3, -0.25) is 19.0 Å². The van der Waals surface area contributed by atoms with Crippen molar-refractivity contribution in [1.82, 2.24) is 4.57 Å². The molecule has 10 heteroatoms. The van der Waals surface area contributed by atoms with Gasteiger partial charge in [0.15, 0.2) is 4.80 Å². The molecule has 3 heterocycles. The minimum Gasteiger partial charge on any atom is -0.497 e. The van der Waals surface area contributed by atoms with Crippen LogP contribution in [-0.2, 0) is 16.1 Å². The molecule has 0 aliphatic carbocycles. The lowest BCUT2D eigenvalue weighted by atomic mass is 9.95. The summed E-state index contributed by atoms with van der Waals surface area (Å²) in [5.41, 5.74) is 4.10. The molecule has 1 N–H and O–H groups in total. The smallest absolute Gasteiger partial charge is 0.271 e. The zero-order chi connectivity index (χ0) is 31.9. The molecule has 7 rings (SSSR count). The van der Waals surface area contributed by atoms with Gasteiger partial charge in [0.05, 0.1) is 42.2 Å². The summed E-state index contributed by atoms with van der Waals surface area (Å²) >= 11 is 7.61. The molecule has 2 amide bonds. The molecule has 1 aromatic heterocycles. The van der Waals surface area contributed by atoms with Gasteiger partial charge < -0.3 is 15.0 Å². The van der Waals surface area contributed by atoms with Crippen LogP contribution in [0.25, 0.3) is 5.57 Å². The second-order valence-corrected chi connectivity index (χ2v) is 12.3. The number of allylic oxidation sites excluding steroid dienone is 1. The van der Waals surface area contributed by atoms with Crippen LogP contribution in [0.3, 0.4) is 0 Å². The summed E-state index contributed by atoms with van der Waals surface area (Å²) in [6.45, 7) is 2.00. The van der Waals surface area contributed by atoms with Crippen LogP contribution >= 0.6 is 22.9 Å². The van der Waals surface area contributed by atoms with Crippen molar-refractivity contribution in [1.29, 1.82) is 0 Å². The van der Waals surface area contributed by atoms with Crippen molar-refractivity contribution >= 4 is 51.7 Å². The van der Waals surface area contributed by atoms with E-state index in [2.05, 4.69) is 5.32 Å². The summed E-state index contributed by atoms with van der Waals surface area (Å²) < 4.78 is 7.27. The normalized spacial score (nSPS) is 16.5. The lowest BCUT2D eigenvalue weighted by molar-refractivity contribution is -0.114. The highest BCUT2D eigenvalue weighted by atomic mass is 35.5. The highest BCUT2D eigenvalue weighted by Gasteiger charge is 2.37. The number of hydrogen-bond acceptors (Lipinski definition) is 6. The van der Waals surface area contributed by atoms with Gasteiger partial charge in [0.1, 0.15) is 10.3 Å². The predicted octanol–water partition coefficient (Wildman–Crippen LogP) is 5.45. The third-order valence-electron chi connectivity index (χ3n) is 8.12. The number of methoxy groups -OCH3 is 1. The molecule has 0 saturated carbocycles. The highest BCUT2D eigenvalue weighted by molar-refractivity contribution is 7.07. The quantitative estimate of drug-likeness (QED) is 0.266. The number of aromatic nitrogens is 1. The van der Waals surface area contributed by atoms with E-state index in [0.717, 1.165) is 16.9 Å². The Morgan fingerprint density at radius 1 is 0.957 bits per heavy atom. The minimum absolute atomic E-state index is 0.243. The van der Waals surface area contributed by atoms with E-state index in [0.29, 0.717) is 54.9 Å². The van der Waals surface area contributed by atoms with E-state index in [9.17, 15) is 14.4 Å². The summed E-state index contributed by atoms with van der Waals surface area (Å²) in [7, 11) is 1.56. The largest absolute Gasteiger partial charge is 0.497 e. The van der Waals surface area contributed by atoms with Crippen LogP contribution < -0.4 is 29.8 Å². The Bertz CT molecular complexity index is 2260. The van der Waals surface area contributed by atoms with E-state index in [1.54, 1.807) is 49.3 Å². The molecule has 0 bridgehead atoms. The number of carbonyl (C=O) groups is 2. The first-order valence-corrected chi connectivity index (χ1v) is 15.8. The fourth-order valence-corrected chi connectivity index (χ4v) is 7.29. The number of hydrogen-bond donors (Lipinski definition) is 1. The maximum Gasteiger partial charge on any atom is 0.271 e. The van der Waals surface area contributed by atoms with E-state index < -0.39 is 11.6 Å². The van der Waals surface area contributed by atoms with Crippen LogP contribution in [0, 0.1) is 0 Å². The molecular weight excluding hydrogens is 620 g/mol. The fourth-order valence-electron chi connectivity index (χ4n) is 5.96. The number of fused-ring (bicyclic) bond motifs is 2. The number of nitrogens with zero attached hydrogens (tertiary/aromatic N) is 3. The Labute approximate surface area is 273 Å². The Kier molecular flexibility index (Phi) is 7.64. The minimum atomic E-state index is -0.824. The molecule has 46 heavy (non-hydrogen) atoms. The van der Waals surface area contributed by atoms with Crippen molar-refractivity contribution in [2.75, 3.05) is 17.3 Å². The summed E-state index contributed by atoms with van der Waals surface area (Å²) in [6.07, 6.45) is 0. The van der Waals surface area contributed by atoms with Crippen molar-refractivity contribution < 1.29 is 14.3 Å². The van der Waals surface area contributed by atoms with Crippen molar-refractivity contribution in [2.45, 2.75) is 19.5 Å². The van der Waals surface area contributed by atoms with Crippen molar-refractivity contribution in [3.05, 3.63) is 156 Å². The second kappa shape index (κ2) is 11.9. The van der Waals surface area contributed by atoms with Crippen LogP contribution in [0.5, 0.6) is 5.75 Å². The molecule has 1 atom stereocenters. The lowest BCUT2D eigenvalue weighted by Gasteiger charge is -2.25. The lowest BCUT2D eigenvalue weighted by Crippen LogP contribution is -2.41. The van der Waals surface area contributed by atoms with Crippen LogP contribution in [0.4, 0.5) is 11.4 Å². The van der Waals surface area contributed by atoms with Crippen LogP contribution in [0.15, 0.2) is 124 Å². The second-order valence-electron chi connectivity index (χ2n) is 10.9. The molecule has 2 aliphatic heterocycles. The van der Waals surface area contributed by atoms with Gasteiger partial charge in [0, 0.05) is 16.3 Å². The number of thiazole rings is 1. The van der Waals surface area contributed by atoms with Gasteiger partial charge in [-0.15, -0.1) is 0 Å². The molecule has 8 nitrogen and oxygen atoms in total. The zero-order valence-electron chi connectivity index (χ0n) is 24.9. The van der Waals surface area contributed by atoms with Crippen molar-refractivity contribution in [3.63, 3.8) is 0 Å². The van der Waals surface area contributed by atoms with Crippen molar-refractivity contribution in [2.24, 2.45) is 4.99 Å². The fraction of sp³-hybridized carbons (Fsp3) is 0.111. The molecule has 2 aliphatic rings. The van der Waals surface area contributed by atoms with Crippen LogP contribution in [-0.4, -0.2) is 23.5 Å². The third-order valence-corrected chi connectivity index (χ3v) is 9.54. The monoisotopic (exact) mass is 646 g/mol. The maximum absolute atomic E-state index is 14.6. The average molecular weight is 647 g/mol. The zero-order valence-corrected chi connectivity index (χ0v) is 26.4. The van der Waals surface area contributed by atoms with Crippen molar-refractivity contribution in [3.8, 4) is 5.75 Å². The molecule has 4 aromatic carbocycles. The number of anilines is 2. The number of benzene rings is 4. The number of carbonyl (C=O) groups excluding carboxylic acids is 2. The Balaban J connectivity index is 1.42. The van der Waals surface area contributed by atoms with Gasteiger partial charge in [0.2, 0.25) is 0 Å². The molecule has 228 valence electrons. The van der Waals surface area contributed by atoms with E-state index >= 15 is 0 Å². The Morgan fingerprint density at radius 3 is 2.48 bits per heavy atom. The van der Waals surface area contributed by atoms with Crippen LogP contribution in [0.2, 0.25) is 5.02 Å². The van der Waals surface area contributed by atoms with Gasteiger partial charge >= 0.3 is 0 Å². The maximum atomic E-state index is 14.6. The average Bonchev–Trinajstić information content (AvgIpc) is 3.53. The number of halogens is 1. The molecular formula is C36H27ClN4O4S. The number of para-hydroxylation sites is 2. The Hall–Kier alpha value is -5.25. The molecule has 0 radical (unpaired) electrons. The van der Waals surface area contributed by atoms with E-state index in [1.807, 2.05) is 72.8 Å². The van der Waals surface area contributed by atoms with Gasteiger partial charge in [0.25, 0.3) is 17.4 Å².